The van der Waals surface area contributed by atoms with Crippen molar-refractivity contribution in [1.82, 2.24) is 20.1 Å². The van der Waals surface area contributed by atoms with E-state index in [0.717, 1.165) is 28.0 Å². The molecule has 0 bridgehead atoms. The number of rotatable bonds is 3. The maximum Gasteiger partial charge on any atom is 0.0819 e. The number of para-hydroxylation sites is 1. The zero-order valence-corrected chi connectivity index (χ0v) is 12.1. The van der Waals surface area contributed by atoms with Gasteiger partial charge in [-0.05, 0) is 26.1 Å². The molecule has 0 saturated heterocycles. The number of nitrogens with one attached hydrogen (secondary N) is 1. The van der Waals surface area contributed by atoms with Crippen LogP contribution in [0.2, 0.25) is 5.02 Å². The standard InChI is InChI=1S/C15H15ClN4/c1-10-13(16)9-20(19-10)15-7-11(8-17-2)18-14-6-4-3-5-12(14)15/h3-7,9,17H,8H2,1-2H3. The van der Waals surface area contributed by atoms with Gasteiger partial charge in [0.25, 0.3) is 0 Å². The number of hydrogen-bond donors (Lipinski definition) is 1. The second-order valence-electron chi connectivity index (χ2n) is 4.69. The lowest BCUT2D eigenvalue weighted by atomic mass is 10.1. The summed E-state index contributed by atoms with van der Waals surface area (Å²) in [5, 5.41) is 9.32. The Morgan fingerprint density at radius 1 is 1.30 bits per heavy atom. The number of hydrogen-bond acceptors (Lipinski definition) is 3. The van der Waals surface area contributed by atoms with E-state index in [4.69, 9.17) is 11.6 Å². The first-order chi connectivity index (χ1) is 9.69. The van der Waals surface area contributed by atoms with Crippen molar-refractivity contribution in [3.8, 4) is 5.69 Å². The fourth-order valence-corrected chi connectivity index (χ4v) is 2.36. The van der Waals surface area contributed by atoms with Gasteiger partial charge in [0.05, 0.1) is 27.6 Å². The number of fused-ring (bicyclic) bond motifs is 1. The molecule has 5 heteroatoms. The van der Waals surface area contributed by atoms with Crippen molar-refractivity contribution in [2.24, 2.45) is 0 Å². The minimum atomic E-state index is 0.668. The van der Waals surface area contributed by atoms with Gasteiger partial charge in [-0.1, -0.05) is 29.8 Å². The summed E-state index contributed by atoms with van der Waals surface area (Å²) in [5.41, 5.74) is 3.75. The van der Waals surface area contributed by atoms with Crippen LogP contribution in [0.1, 0.15) is 11.4 Å². The molecule has 3 aromatic rings. The molecule has 0 aliphatic rings. The smallest absolute Gasteiger partial charge is 0.0819 e. The molecule has 2 heterocycles. The van der Waals surface area contributed by atoms with Gasteiger partial charge < -0.3 is 5.32 Å². The van der Waals surface area contributed by atoms with Crippen molar-refractivity contribution in [1.29, 1.82) is 0 Å². The Labute approximate surface area is 122 Å². The van der Waals surface area contributed by atoms with Gasteiger partial charge in [-0.25, -0.2) is 4.68 Å². The summed E-state index contributed by atoms with van der Waals surface area (Å²) in [6, 6.07) is 10.1. The predicted molar refractivity (Wildman–Crippen MR) is 81.4 cm³/mol. The maximum atomic E-state index is 6.12. The highest BCUT2D eigenvalue weighted by Gasteiger charge is 2.10. The summed E-state index contributed by atoms with van der Waals surface area (Å²) in [6.45, 7) is 2.61. The van der Waals surface area contributed by atoms with E-state index in [0.29, 0.717) is 11.6 Å². The second kappa shape index (κ2) is 5.23. The van der Waals surface area contributed by atoms with Gasteiger partial charge in [0, 0.05) is 18.1 Å². The Hall–Kier alpha value is -1.91. The molecule has 0 fully saturated rings. The molecule has 0 atom stereocenters. The van der Waals surface area contributed by atoms with Crippen LogP contribution >= 0.6 is 11.6 Å². The van der Waals surface area contributed by atoms with E-state index in [9.17, 15) is 0 Å². The van der Waals surface area contributed by atoms with Crippen LogP contribution in [0.15, 0.2) is 36.5 Å². The Balaban J connectivity index is 2.26. The molecule has 20 heavy (non-hydrogen) atoms. The van der Waals surface area contributed by atoms with Gasteiger partial charge in [0.1, 0.15) is 0 Å². The zero-order chi connectivity index (χ0) is 14.1. The first kappa shape index (κ1) is 13.1. The SMILES string of the molecule is CNCc1cc(-n2cc(Cl)c(C)n2)c2ccccc2n1. The quantitative estimate of drug-likeness (QED) is 0.804. The predicted octanol–water partition coefficient (Wildman–Crippen LogP) is 3.10. The zero-order valence-electron chi connectivity index (χ0n) is 11.4. The minimum absolute atomic E-state index is 0.668. The van der Waals surface area contributed by atoms with Crippen LogP contribution in [-0.4, -0.2) is 21.8 Å². The average molecular weight is 287 g/mol. The number of benzene rings is 1. The summed E-state index contributed by atoms with van der Waals surface area (Å²) in [7, 11) is 1.91. The van der Waals surface area contributed by atoms with Gasteiger partial charge >= 0.3 is 0 Å². The molecule has 4 nitrogen and oxygen atoms in total. The van der Waals surface area contributed by atoms with Crippen molar-refractivity contribution in [2.75, 3.05) is 7.05 Å². The molecule has 0 saturated carbocycles. The molecule has 102 valence electrons. The summed E-state index contributed by atoms with van der Waals surface area (Å²) in [5.74, 6) is 0. The van der Waals surface area contributed by atoms with Crippen molar-refractivity contribution in [3.63, 3.8) is 0 Å². The fraction of sp³-hybridized carbons (Fsp3) is 0.200. The Bertz CT molecular complexity index is 744. The largest absolute Gasteiger partial charge is 0.314 e. The Morgan fingerprint density at radius 3 is 2.80 bits per heavy atom. The highest BCUT2D eigenvalue weighted by atomic mass is 35.5. The molecule has 0 aliphatic heterocycles. The molecular weight excluding hydrogens is 272 g/mol. The molecule has 3 rings (SSSR count). The summed E-state index contributed by atoms with van der Waals surface area (Å²) < 4.78 is 1.82. The fourth-order valence-electron chi connectivity index (χ4n) is 2.23. The average Bonchev–Trinajstić information content (AvgIpc) is 2.78. The highest BCUT2D eigenvalue weighted by molar-refractivity contribution is 6.31. The normalized spacial score (nSPS) is 11.2. The first-order valence-corrected chi connectivity index (χ1v) is 6.82. The van der Waals surface area contributed by atoms with E-state index in [2.05, 4.69) is 15.4 Å². The van der Waals surface area contributed by atoms with Gasteiger partial charge in [-0.2, -0.15) is 5.10 Å². The molecule has 0 aliphatic carbocycles. The van der Waals surface area contributed by atoms with E-state index >= 15 is 0 Å². The number of aryl methyl sites for hydroxylation is 1. The molecule has 0 unspecified atom stereocenters. The second-order valence-corrected chi connectivity index (χ2v) is 5.09. The lowest BCUT2D eigenvalue weighted by Gasteiger charge is -2.09. The van der Waals surface area contributed by atoms with Crippen LogP contribution in [0.4, 0.5) is 0 Å². The summed E-state index contributed by atoms with van der Waals surface area (Å²) >= 11 is 6.12. The summed E-state index contributed by atoms with van der Waals surface area (Å²) in [4.78, 5) is 4.64. The van der Waals surface area contributed by atoms with E-state index < -0.39 is 0 Å². The Kier molecular flexibility index (Phi) is 3.42. The van der Waals surface area contributed by atoms with Gasteiger partial charge in [0.2, 0.25) is 0 Å². The van der Waals surface area contributed by atoms with E-state index in [1.54, 1.807) is 0 Å². The van der Waals surface area contributed by atoms with Gasteiger partial charge in [0.15, 0.2) is 0 Å². The lowest BCUT2D eigenvalue weighted by molar-refractivity contribution is 0.789. The molecule has 0 spiro atoms. The molecular formula is C15H15ClN4. The molecule has 2 aromatic heterocycles. The lowest BCUT2D eigenvalue weighted by Crippen LogP contribution is -2.08. The van der Waals surface area contributed by atoms with Crippen LogP contribution in [0.25, 0.3) is 16.6 Å². The Morgan fingerprint density at radius 2 is 2.10 bits per heavy atom. The van der Waals surface area contributed by atoms with Crippen molar-refractivity contribution < 1.29 is 0 Å². The van der Waals surface area contributed by atoms with Crippen LogP contribution in [0.3, 0.4) is 0 Å². The topological polar surface area (TPSA) is 42.7 Å². The minimum Gasteiger partial charge on any atom is -0.314 e. The van der Waals surface area contributed by atoms with Crippen LogP contribution < -0.4 is 5.32 Å². The molecule has 0 amide bonds. The molecule has 0 radical (unpaired) electrons. The summed E-state index contributed by atoms with van der Waals surface area (Å²) in [6.07, 6.45) is 1.84. The van der Waals surface area contributed by atoms with Gasteiger partial charge in [-0.15, -0.1) is 0 Å². The highest BCUT2D eigenvalue weighted by Crippen LogP contribution is 2.24. The monoisotopic (exact) mass is 286 g/mol. The van der Waals surface area contributed by atoms with E-state index in [1.807, 2.05) is 55.2 Å². The van der Waals surface area contributed by atoms with Crippen molar-refractivity contribution in [3.05, 3.63) is 52.9 Å². The molecule has 1 N–H and O–H groups in total. The third-order valence-corrected chi connectivity index (χ3v) is 3.56. The van der Waals surface area contributed by atoms with Crippen LogP contribution in [-0.2, 0) is 6.54 Å². The van der Waals surface area contributed by atoms with Gasteiger partial charge in [-0.3, -0.25) is 4.98 Å². The number of nitrogens with zero attached hydrogens (tertiary/aromatic N) is 3. The van der Waals surface area contributed by atoms with E-state index in [1.165, 1.54) is 0 Å². The first-order valence-electron chi connectivity index (χ1n) is 6.44. The number of halogens is 1. The van der Waals surface area contributed by atoms with Crippen molar-refractivity contribution in [2.45, 2.75) is 13.5 Å². The maximum absolute atomic E-state index is 6.12. The van der Waals surface area contributed by atoms with Crippen molar-refractivity contribution >= 4 is 22.5 Å². The number of pyridine rings is 1. The van der Waals surface area contributed by atoms with Crippen LogP contribution in [0.5, 0.6) is 0 Å². The van der Waals surface area contributed by atoms with E-state index in [-0.39, 0.29) is 0 Å². The van der Waals surface area contributed by atoms with Crippen LogP contribution in [0, 0.1) is 6.92 Å². The third-order valence-electron chi connectivity index (χ3n) is 3.19. The third kappa shape index (κ3) is 2.28. The number of aromatic nitrogens is 3. The molecule has 1 aromatic carbocycles.